The van der Waals surface area contributed by atoms with E-state index in [9.17, 15) is 0 Å². The van der Waals surface area contributed by atoms with Gasteiger partial charge >= 0.3 is 0 Å². The lowest BCUT2D eigenvalue weighted by Gasteiger charge is -2.23. The molecular weight excluding hydrogens is 304 g/mol. The number of hydrogen-bond donors (Lipinski definition) is 0. The van der Waals surface area contributed by atoms with Crippen LogP contribution in [0.3, 0.4) is 0 Å². The molecule has 1 aromatic rings. The van der Waals surface area contributed by atoms with Crippen LogP contribution >= 0.6 is 31.9 Å². The van der Waals surface area contributed by atoms with E-state index in [-0.39, 0.29) is 0 Å². The molecule has 0 unspecified atom stereocenters. The molecule has 2 rings (SSSR count). The first-order valence-electron chi connectivity index (χ1n) is 5.23. The minimum Gasteiger partial charge on any atom is -0.0608 e. The Morgan fingerprint density at radius 2 is 1.71 bits per heavy atom. The predicted molar refractivity (Wildman–Crippen MR) is 67.7 cm³/mol. The van der Waals surface area contributed by atoms with E-state index in [2.05, 4.69) is 50.1 Å². The highest BCUT2D eigenvalue weighted by Crippen LogP contribution is 2.38. The number of hydrogen-bond acceptors (Lipinski definition) is 0. The molecule has 0 aromatic heterocycles. The Hall–Kier alpha value is 0.180. The van der Waals surface area contributed by atoms with Gasteiger partial charge in [-0.1, -0.05) is 31.4 Å². The zero-order valence-electron chi connectivity index (χ0n) is 8.10. The lowest BCUT2D eigenvalue weighted by atomic mass is 9.84. The third-order valence-corrected chi connectivity index (χ3v) is 5.10. The van der Waals surface area contributed by atoms with Crippen molar-refractivity contribution in [2.45, 2.75) is 38.0 Å². The summed E-state index contributed by atoms with van der Waals surface area (Å²) in [6, 6.07) is 6.49. The van der Waals surface area contributed by atoms with E-state index < -0.39 is 0 Å². The summed E-state index contributed by atoms with van der Waals surface area (Å²) in [5.41, 5.74) is 1.49. The second kappa shape index (κ2) is 4.80. The molecule has 1 saturated carbocycles. The number of rotatable bonds is 1. The van der Waals surface area contributed by atoms with Crippen LogP contribution in [0.25, 0.3) is 0 Å². The van der Waals surface area contributed by atoms with Gasteiger partial charge in [-0.3, -0.25) is 0 Å². The molecule has 2 heteroatoms. The van der Waals surface area contributed by atoms with Gasteiger partial charge in [0.1, 0.15) is 0 Å². The molecule has 0 bridgehead atoms. The molecule has 1 fully saturated rings. The molecule has 0 radical (unpaired) electrons. The van der Waals surface area contributed by atoms with Crippen LogP contribution in [-0.4, -0.2) is 0 Å². The van der Waals surface area contributed by atoms with Gasteiger partial charge in [0.05, 0.1) is 0 Å². The molecule has 0 atom stereocenters. The van der Waals surface area contributed by atoms with Crippen LogP contribution in [0.1, 0.15) is 43.6 Å². The van der Waals surface area contributed by atoms with Crippen molar-refractivity contribution in [3.63, 3.8) is 0 Å². The lowest BCUT2D eigenvalue weighted by molar-refractivity contribution is 0.442. The molecule has 0 heterocycles. The molecule has 0 nitrogen and oxygen atoms in total. The second-order valence-corrected chi connectivity index (χ2v) is 5.63. The third kappa shape index (κ3) is 2.22. The zero-order valence-corrected chi connectivity index (χ0v) is 11.3. The zero-order chi connectivity index (χ0) is 9.97. The highest BCUT2D eigenvalue weighted by molar-refractivity contribution is 9.13. The quantitative estimate of drug-likeness (QED) is 0.662. The first-order chi connectivity index (χ1) is 6.79. The van der Waals surface area contributed by atoms with Gasteiger partial charge in [0, 0.05) is 8.95 Å². The summed E-state index contributed by atoms with van der Waals surface area (Å²) in [5.74, 6) is 0.774. The van der Waals surface area contributed by atoms with Gasteiger partial charge in [-0.05, 0) is 62.2 Å². The summed E-state index contributed by atoms with van der Waals surface area (Å²) in [7, 11) is 0. The van der Waals surface area contributed by atoms with E-state index in [0.717, 1.165) is 5.92 Å². The van der Waals surface area contributed by atoms with Gasteiger partial charge in [0.15, 0.2) is 0 Å². The molecule has 1 aliphatic rings. The van der Waals surface area contributed by atoms with E-state index in [1.807, 2.05) is 0 Å². The third-order valence-electron chi connectivity index (χ3n) is 3.03. The standard InChI is InChI=1S/C12H14Br2/c13-11-8-4-7-10(12(11)14)9-5-2-1-3-6-9/h4,7-9H,1-3,5-6H2. The van der Waals surface area contributed by atoms with E-state index in [1.54, 1.807) is 0 Å². The SMILES string of the molecule is Brc1cccc(C2CCCCC2)c1Br. The van der Waals surface area contributed by atoms with Gasteiger partial charge in [0.25, 0.3) is 0 Å². The molecule has 1 aliphatic carbocycles. The fraction of sp³-hybridized carbons (Fsp3) is 0.500. The molecule has 0 spiro atoms. The minimum absolute atomic E-state index is 0.774. The minimum atomic E-state index is 0.774. The molecule has 76 valence electrons. The fourth-order valence-electron chi connectivity index (χ4n) is 2.25. The number of halogens is 2. The topological polar surface area (TPSA) is 0 Å². The maximum atomic E-state index is 3.67. The van der Waals surface area contributed by atoms with Crippen LogP contribution in [-0.2, 0) is 0 Å². The Labute approximate surface area is 102 Å². The Bertz CT molecular complexity index is 314. The van der Waals surface area contributed by atoms with Crippen LogP contribution in [0, 0.1) is 0 Å². The second-order valence-electron chi connectivity index (χ2n) is 3.98. The van der Waals surface area contributed by atoms with Crippen LogP contribution in [0.15, 0.2) is 27.1 Å². The fourth-order valence-corrected chi connectivity index (χ4v) is 3.22. The van der Waals surface area contributed by atoms with Crippen LogP contribution in [0.4, 0.5) is 0 Å². The van der Waals surface area contributed by atoms with Crippen molar-refractivity contribution < 1.29 is 0 Å². The molecule has 0 amide bonds. The van der Waals surface area contributed by atoms with Crippen LogP contribution in [0.2, 0.25) is 0 Å². The van der Waals surface area contributed by atoms with Gasteiger partial charge in [-0.25, -0.2) is 0 Å². The maximum Gasteiger partial charge on any atom is 0.0352 e. The summed E-state index contributed by atoms with van der Waals surface area (Å²) < 4.78 is 2.44. The lowest BCUT2D eigenvalue weighted by Crippen LogP contribution is -2.05. The Morgan fingerprint density at radius 1 is 1.00 bits per heavy atom. The first kappa shape index (κ1) is 10.7. The van der Waals surface area contributed by atoms with Gasteiger partial charge in [0.2, 0.25) is 0 Å². The summed E-state index contributed by atoms with van der Waals surface area (Å²) in [6.45, 7) is 0. The van der Waals surface area contributed by atoms with Gasteiger partial charge in [-0.15, -0.1) is 0 Å². The molecule has 0 saturated heterocycles. The van der Waals surface area contributed by atoms with E-state index >= 15 is 0 Å². The van der Waals surface area contributed by atoms with Crippen LogP contribution < -0.4 is 0 Å². The smallest absolute Gasteiger partial charge is 0.0352 e. The molecule has 14 heavy (non-hydrogen) atoms. The van der Waals surface area contributed by atoms with E-state index in [0.29, 0.717) is 0 Å². The summed E-state index contributed by atoms with van der Waals surface area (Å²) in [5, 5.41) is 0. The summed E-state index contributed by atoms with van der Waals surface area (Å²) in [6.07, 6.45) is 6.92. The molecule has 1 aromatic carbocycles. The highest BCUT2D eigenvalue weighted by Gasteiger charge is 2.18. The van der Waals surface area contributed by atoms with Crippen molar-refractivity contribution in [3.8, 4) is 0 Å². The largest absolute Gasteiger partial charge is 0.0608 e. The highest BCUT2D eigenvalue weighted by atomic mass is 79.9. The maximum absolute atomic E-state index is 3.67. The predicted octanol–water partition coefficient (Wildman–Crippen LogP) is 5.26. The average Bonchev–Trinajstić information content (AvgIpc) is 2.23. The van der Waals surface area contributed by atoms with Gasteiger partial charge in [-0.2, -0.15) is 0 Å². The monoisotopic (exact) mass is 316 g/mol. The molecule has 0 aliphatic heterocycles. The van der Waals surface area contributed by atoms with Crippen molar-refractivity contribution in [1.82, 2.24) is 0 Å². The Morgan fingerprint density at radius 3 is 2.43 bits per heavy atom. The summed E-state index contributed by atoms with van der Waals surface area (Å²) >= 11 is 7.23. The Balaban J connectivity index is 2.26. The molecule has 0 N–H and O–H groups in total. The Kier molecular flexibility index (Phi) is 3.67. The van der Waals surface area contributed by atoms with Gasteiger partial charge < -0.3 is 0 Å². The number of benzene rings is 1. The van der Waals surface area contributed by atoms with E-state index in [4.69, 9.17) is 0 Å². The molecular formula is C12H14Br2. The van der Waals surface area contributed by atoms with Crippen molar-refractivity contribution in [2.24, 2.45) is 0 Å². The van der Waals surface area contributed by atoms with Crippen molar-refractivity contribution in [3.05, 3.63) is 32.7 Å². The average molecular weight is 318 g/mol. The normalized spacial score (nSPS) is 18.4. The first-order valence-corrected chi connectivity index (χ1v) is 6.81. The van der Waals surface area contributed by atoms with Crippen molar-refractivity contribution >= 4 is 31.9 Å². The van der Waals surface area contributed by atoms with Crippen molar-refractivity contribution in [2.75, 3.05) is 0 Å². The van der Waals surface area contributed by atoms with E-state index in [1.165, 1.54) is 46.6 Å². The van der Waals surface area contributed by atoms with Crippen LogP contribution in [0.5, 0.6) is 0 Å². The summed E-state index contributed by atoms with van der Waals surface area (Å²) in [4.78, 5) is 0. The van der Waals surface area contributed by atoms with Crippen molar-refractivity contribution in [1.29, 1.82) is 0 Å².